The highest BCUT2D eigenvalue weighted by atomic mass is 32.2. The number of hydrogen-bond donors (Lipinski definition) is 0. The van der Waals surface area contributed by atoms with E-state index in [2.05, 4.69) is 0 Å². The quantitative estimate of drug-likeness (QED) is 0.803. The Balaban J connectivity index is 1.97. The number of esters is 1. The Morgan fingerprint density at radius 2 is 1.68 bits per heavy atom. The van der Waals surface area contributed by atoms with Crippen LogP contribution >= 0.6 is 0 Å². The van der Waals surface area contributed by atoms with Crippen molar-refractivity contribution in [3.8, 4) is 0 Å². The zero-order chi connectivity index (χ0) is 15.7. The Bertz CT molecular complexity index is 708. The number of rotatable bonds is 3. The van der Waals surface area contributed by atoms with E-state index in [0.29, 0.717) is 11.5 Å². The molecule has 0 spiro atoms. The first-order chi connectivity index (χ1) is 10.5. The molecule has 2 aliphatic rings. The van der Waals surface area contributed by atoms with Crippen molar-refractivity contribution in [3.05, 3.63) is 35.4 Å². The first-order valence-electron chi connectivity index (χ1n) is 7.67. The summed E-state index contributed by atoms with van der Waals surface area (Å²) < 4.78 is 28.3. The third kappa shape index (κ3) is 2.95. The van der Waals surface area contributed by atoms with Crippen LogP contribution in [0.3, 0.4) is 0 Å². The van der Waals surface area contributed by atoms with Crippen molar-refractivity contribution in [1.29, 1.82) is 0 Å². The lowest BCUT2D eigenvalue weighted by atomic mass is 9.81. The number of benzene rings is 1. The van der Waals surface area contributed by atoms with Gasteiger partial charge < -0.3 is 4.74 Å². The highest BCUT2D eigenvalue weighted by Gasteiger charge is 2.32. The Labute approximate surface area is 131 Å². The average molecular weight is 320 g/mol. The van der Waals surface area contributed by atoms with Crippen LogP contribution in [0.1, 0.15) is 37.7 Å². The lowest BCUT2D eigenvalue weighted by Gasteiger charge is -2.22. The molecule has 1 aliphatic carbocycles. The lowest BCUT2D eigenvalue weighted by Crippen LogP contribution is -2.14. The van der Waals surface area contributed by atoms with E-state index >= 15 is 0 Å². The molecule has 1 fully saturated rings. The van der Waals surface area contributed by atoms with E-state index in [4.69, 9.17) is 4.74 Å². The molecule has 0 aromatic heterocycles. The van der Waals surface area contributed by atoms with E-state index < -0.39 is 9.84 Å². The van der Waals surface area contributed by atoms with Gasteiger partial charge in [-0.05, 0) is 36.5 Å². The minimum atomic E-state index is -3.20. The van der Waals surface area contributed by atoms with Gasteiger partial charge >= 0.3 is 5.97 Å². The highest BCUT2D eigenvalue weighted by molar-refractivity contribution is 7.90. The maximum atomic E-state index is 12.1. The highest BCUT2D eigenvalue weighted by Crippen LogP contribution is 2.38. The van der Waals surface area contributed by atoms with Gasteiger partial charge in [-0.3, -0.25) is 0 Å². The van der Waals surface area contributed by atoms with Crippen LogP contribution < -0.4 is 0 Å². The fourth-order valence-corrected chi connectivity index (χ4v) is 3.99. The molecule has 0 atom stereocenters. The number of carbonyl (C=O) groups excluding carboxylic acids is 1. The molecule has 0 amide bonds. The summed E-state index contributed by atoms with van der Waals surface area (Å²) in [7, 11) is -3.20. The van der Waals surface area contributed by atoms with Gasteiger partial charge in [-0.15, -0.1) is 0 Å². The van der Waals surface area contributed by atoms with Gasteiger partial charge in [0.05, 0.1) is 4.90 Å². The summed E-state index contributed by atoms with van der Waals surface area (Å²) in [6.07, 6.45) is 6.81. The minimum absolute atomic E-state index is 0.200. The molecule has 4 nitrogen and oxygen atoms in total. The molecule has 118 valence electrons. The summed E-state index contributed by atoms with van der Waals surface area (Å²) in [6, 6.07) is 6.74. The van der Waals surface area contributed by atoms with Crippen LogP contribution in [-0.4, -0.2) is 27.2 Å². The smallest absolute Gasteiger partial charge is 0.335 e. The fourth-order valence-electron chi connectivity index (χ4n) is 3.36. The van der Waals surface area contributed by atoms with Gasteiger partial charge in [0.2, 0.25) is 0 Å². The zero-order valence-corrected chi connectivity index (χ0v) is 13.5. The third-order valence-corrected chi connectivity index (χ3v) is 5.67. The Morgan fingerprint density at radius 3 is 2.27 bits per heavy atom. The summed E-state index contributed by atoms with van der Waals surface area (Å²) in [5.41, 5.74) is 2.63. The molecule has 0 radical (unpaired) electrons. The topological polar surface area (TPSA) is 60.4 Å². The Hall–Kier alpha value is -1.62. The van der Waals surface area contributed by atoms with Gasteiger partial charge in [0, 0.05) is 17.4 Å². The van der Waals surface area contributed by atoms with Crippen molar-refractivity contribution >= 4 is 21.4 Å². The molecule has 1 heterocycles. The van der Waals surface area contributed by atoms with Crippen molar-refractivity contribution in [3.63, 3.8) is 0 Å². The Morgan fingerprint density at radius 1 is 1.05 bits per heavy atom. The summed E-state index contributed by atoms with van der Waals surface area (Å²) in [5.74, 6) is 0.0856. The van der Waals surface area contributed by atoms with Crippen molar-refractivity contribution in [1.82, 2.24) is 0 Å². The lowest BCUT2D eigenvalue weighted by molar-refractivity contribution is -0.136. The molecule has 1 aliphatic heterocycles. The molecule has 5 heteroatoms. The summed E-state index contributed by atoms with van der Waals surface area (Å²) in [4.78, 5) is 12.4. The summed E-state index contributed by atoms with van der Waals surface area (Å²) in [5, 5.41) is 0. The molecule has 1 saturated carbocycles. The fraction of sp³-hybridized carbons (Fsp3) is 0.471. The van der Waals surface area contributed by atoms with E-state index in [0.717, 1.165) is 42.4 Å². The molecule has 1 aromatic rings. The zero-order valence-electron chi connectivity index (χ0n) is 12.7. The SMILES string of the molecule is CS(=O)(=O)c1ccc(C2=C(C3CCCCC3)C(=O)OC2)cc1. The molecule has 0 unspecified atom stereocenters. The van der Waals surface area contributed by atoms with Gasteiger partial charge in [0.25, 0.3) is 0 Å². The van der Waals surface area contributed by atoms with Crippen molar-refractivity contribution in [2.75, 3.05) is 12.9 Å². The molecule has 3 rings (SSSR count). The van der Waals surface area contributed by atoms with Gasteiger partial charge in [0.1, 0.15) is 6.61 Å². The van der Waals surface area contributed by atoms with E-state index in [-0.39, 0.29) is 11.9 Å². The van der Waals surface area contributed by atoms with Crippen LogP contribution in [0.15, 0.2) is 34.7 Å². The van der Waals surface area contributed by atoms with Gasteiger partial charge in [-0.2, -0.15) is 0 Å². The molecular formula is C17H20O4S. The molecule has 1 aromatic carbocycles. The second kappa shape index (κ2) is 5.88. The van der Waals surface area contributed by atoms with Crippen LogP contribution in [0.4, 0.5) is 0 Å². The van der Waals surface area contributed by atoms with E-state index in [1.165, 1.54) is 12.7 Å². The predicted molar refractivity (Wildman–Crippen MR) is 84.0 cm³/mol. The maximum Gasteiger partial charge on any atom is 0.335 e. The van der Waals surface area contributed by atoms with E-state index in [1.54, 1.807) is 24.3 Å². The monoisotopic (exact) mass is 320 g/mol. The maximum absolute atomic E-state index is 12.1. The first kappa shape index (κ1) is 15.3. The number of cyclic esters (lactones) is 1. The van der Waals surface area contributed by atoms with Crippen molar-refractivity contribution < 1.29 is 17.9 Å². The normalized spacial score (nSPS) is 20.3. The number of sulfone groups is 1. The van der Waals surface area contributed by atoms with Crippen LogP contribution in [0, 0.1) is 5.92 Å². The summed E-state index contributed by atoms with van der Waals surface area (Å²) in [6.45, 7) is 0.295. The second-order valence-electron chi connectivity index (χ2n) is 6.10. The molecule has 0 N–H and O–H groups in total. The molecule has 22 heavy (non-hydrogen) atoms. The van der Waals surface area contributed by atoms with Gasteiger partial charge in [0.15, 0.2) is 9.84 Å². The Kier molecular flexibility index (Phi) is 4.08. The number of carbonyl (C=O) groups is 1. The van der Waals surface area contributed by atoms with E-state index in [9.17, 15) is 13.2 Å². The van der Waals surface area contributed by atoms with E-state index in [1.807, 2.05) is 0 Å². The summed E-state index contributed by atoms with van der Waals surface area (Å²) >= 11 is 0. The molecule has 0 saturated heterocycles. The first-order valence-corrected chi connectivity index (χ1v) is 9.56. The average Bonchev–Trinajstić information content (AvgIpc) is 2.89. The minimum Gasteiger partial charge on any atom is -0.457 e. The second-order valence-corrected chi connectivity index (χ2v) is 8.12. The van der Waals surface area contributed by atoms with Crippen LogP contribution in [0.25, 0.3) is 5.57 Å². The largest absolute Gasteiger partial charge is 0.457 e. The number of hydrogen-bond acceptors (Lipinski definition) is 4. The van der Waals surface area contributed by atoms with Crippen LogP contribution in [0.2, 0.25) is 0 Å². The van der Waals surface area contributed by atoms with Crippen LogP contribution in [-0.2, 0) is 19.4 Å². The number of ether oxygens (including phenoxy) is 1. The molecule has 0 bridgehead atoms. The molecular weight excluding hydrogens is 300 g/mol. The van der Waals surface area contributed by atoms with Gasteiger partial charge in [-0.25, -0.2) is 13.2 Å². The van der Waals surface area contributed by atoms with Crippen molar-refractivity contribution in [2.24, 2.45) is 5.92 Å². The standard InChI is InChI=1S/C17H20O4S/c1-22(19,20)14-9-7-12(8-10-14)15-11-21-17(18)16(15)13-5-3-2-4-6-13/h7-10,13H,2-6,11H2,1H3. The van der Waals surface area contributed by atoms with Crippen LogP contribution in [0.5, 0.6) is 0 Å². The van der Waals surface area contributed by atoms with Gasteiger partial charge in [-0.1, -0.05) is 31.4 Å². The predicted octanol–water partition coefficient (Wildman–Crippen LogP) is 2.98. The van der Waals surface area contributed by atoms with Crippen molar-refractivity contribution in [2.45, 2.75) is 37.0 Å². The third-order valence-electron chi connectivity index (χ3n) is 4.54.